The third-order valence-electron chi connectivity index (χ3n) is 2.42. The molecular weight excluding hydrogens is 201 g/mol. The Morgan fingerprint density at radius 3 is 2.79 bits per heavy atom. The number of benzene rings is 1. The Morgan fingerprint density at radius 2 is 2.14 bits per heavy atom. The van der Waals surface area contributed by atoms with Crippen molar-refractivity contribution in [2.75, 3.05) is 0 Å². The minimum absolute atomic E-state index is 0.184. The molecule has 1 heterocycles. The standard InChI is InChI=1S/C11H11ClFN/c1-6(2)10-4-7-3-8(12)9(13)5-11(7)14-10/h3,5-6H,4H2,1-2H3. The van der Waals surface area contributed by atoms with Gasteiger partial charge in [-0.3, -0.25) is 4.99 Å². The van der Waals surface area contributed by atoms with E-state index in [0.29, 0.717) is 5.92 Å². The van der Waals surface area contributed by atoms with Crippen LogP contribution in [0, 0.1) is 11.7 Å². The molecule has 0 atom stereocenters. The van der Waals surface area contributed by atoms with Gasteiger partial charge in [0.25, 0.3) is 0 Å². The van der Waals surface area contributed by atoms with Gasteiger partial charge in [-0.25, -0.2) is 4.39 Å². The second-order valence-corrected chi connectivity index (χ2v) is 4.24. The number of nitrogens with zero attached hydrogens (tertiary/aromatic N) is 1. The molecule has 1 nitrogen and oxygen atoms in total. The monoisotopic (exact) mass is 211 g/mol. The van der Waals surface area contributed by atoms with Gasteiger partial charge in [-0.1, -0.05) is 25.4 Å². The Labute approximate surface area is 87.6 Å². The number of hydrogen-bond donors (Lipinski definition) is 0. The molecule has 1 aromatic rings. The average molecular weight is 212 g/mol. The predicted octanol–water partition coefficient (Wildman–Crippen LogP) is 3.76. The van der Waals surface area contributed by atoms with Crippen LogP contribution in [0.25, 0.3) is 0 Å². The van der Waals surface area contributed by atoms with Gasteiger partial charge >= 0.3 is 0 Å². The third kappa shape index (κ3) is 1.55. The first-order chi connectivity index (χ1) is 6.58. The summed E-state index contributed by atoms with van der Waals surface area (Å²) >= 11 is 5.69. The van der Waals surface area contributed by atoms with Crippen molar-refractivity contribution < 1.29 is 4.39 Å². The molecule has 2 rings (SSSR count). The number of halogens is 2. The Morgan fingerprint density at radius 1 is 1.43 bits per heavy atom. The molecule has 0 aromatic heterocycles. The maximum atomic E-state index is 13.1. The zero-order valence-electron chi connectivity index (χ0n) is 8.14. The molecule has 0 bridgehead atoms. The van der Waals surface area contributed by atoms with Crippen LogP contribution in [-0.4, -0.2) is 5.71 Å². The summed E-state index contributed by atoms with van der Waals surface area (Å²) in [6.07, 6.45) is 0.799. The predicted molar refractivity (Wildman–Crippen MR) is 57.0 cm³/mol. The molecule has 0 N–H and O–H groups in total. The van der Waals surface area contributed by atoms with Gasteiger partial charge in [-0.05, 0) is 17.5 Å². The van der Waals surface area contributed by atoms with Gasteiger partial charge < -0.3 is 0 Å². The highest BCUT2D eigenvalue weighted by atomic mass is 35.5. The van der Waals surface area contributed by atoms with E-state index in [1.54, 1.807) is 6.07 Å². The fraction of sp³-hybridized carbons (Fsp3) is 0.364. The van der Waals surface area contributed by atoms with Crippen molar-refractivity contribution in [3.63, 3.8) is 0 Å². The minimum atomic E-state index is -0.390. The van der Waals surface area contributed by atoms with Crippen molar-refractivity contribution >= 4 is 23.0 Å². The van der Waals surface area contributed by atoms with Crippen molar-refractivity contribution in [3.05, 3.63) is 28.5 Å². The summed E-state index contributed by atoms with van der Waals surface area (Å²) in [5.74, 6) is 0.0170. The zero-order chi connectivity index (χ0) is 10.3. The van der Waals surface area contributed by atoms with E-state index >= 15 is 0 Å². The van der Waals surface area contributed by atoms with Crippen LogP contribution in [0.3, 0.4) is 0 Å². The maximum Gasteiger partial charge on any atom is 0.143 e. The highest BCUT2D eigenvalue weighted by Gasteiger charge is 2.18. The molecule has 0 amide bonds. The molecule has 1 aliphatic heterocycles. The molecule has 0 spiro atoms. The lowest BCUT2D eigenvalue weighted by molar-refractivity contribution is 0.628. The molecule has 0 saturated carbocycles. The Hall–Kier alpha value is -0.890. The molecular formula is C11H11ClFN. The highest BCUT2D eigenvalue weighted by Crippen LogP contribution is 2.32. The second kappa shape index (κ2) is 3.35. The molecule has 0 saturated heterocycles. The minimum Gasteiger partial charge on any atom is -0.257 e. The van der Waals surface area contributed by atoms with Gasteiger partial charge in [0.2, 0.25) is 0 Å². The molecule has 1 aromatic carbocycles. The molecule has 0 aliphatic carbocycles. The van der Waals surface area contributed by atoms with Crippen molar-refractivity contribution in [1.29, 1.82) is 0 Å². The SMILES string of the molecule is CC(C)C1=Nc2cc(F)c(Cl)cc2C1. The molecule has 74 valence electrons. The van der Waals surface area contributed by atoms with E-state index in [1.165, 1.54) is 6.07 Å². The van der Waals surface area contributed by atoms with E-state index in [9.17, 15) is 4.39 Å². The van der Waals surface area contributed by atoms with E-state index in [1.807, 2.05) is 0 Å². The van der Waals surface area contributed by atoms with Crippen molar-refractivity contribution in [1.82, 2.24) is 0 Å². The maximum absolute atomic E-state index is 13.1. The first-order valence-corrected chi connectivity index (χ1v) is 5.01. The van der Waals surface area contributed by atoms with Crippen molar-refractivity contribution in [2.45, 2.75) is 20.3 Å². The molecule has 0 fully saturated rings. The Balaban J connectivity index is 2.42. The average Bonchev–Trinajstić information content (AvgIpc) is 2.48. The van der Waals surface area contributed by atoms with Crippen LogP contribution in [0.4, 0.5) is 10.1 Å². The first-order valence-electron chi connectivity index (χ1n) is 4.63. The summed E-state index contributed by atoms with van der Waals surface area (Å²) in [6.45, 7) is 4.17. The van der Waals surface area contributed by atoms with Crippen LogP contribution < -0.4 is 0 Å². The molecule has 0 unspecified atom stereocenters. The topological polar surface area (TPSA) is 12.4 Å². The summed E-state index contributed by atoms with van der Waals surface area (Å²) in [4.78, 5) is 4.37. The first kappa shape index (κ1) is 9.66. The highest BCUT2D eigenvalue weighted by molar-refractivity contribution is 6.31. The fourth-order valence-electron chi connectivity index (χ4n) is 1.55. The van der Waals surface area contributed by atoms with Crippen LogP contribution in [0.2, 0.25) is 5.02 Å². The number of fused-ring (bicyclic) bond motifs is 1. The molecule has 14 heavy (non-hydrogen) atoms. The van der Waals surface area contributed by atoms with Gasteiger partial charge in [-0.2, -0.15) is 0 Å². The lowest BCUT2D eigenvalue weighted by Crippen LogP contribution is -2.06. The van der Waals surface area contributed by atoms with E-state index in [-0.39, 0.29) is 10.8 Å². The Bertz CT molecular complexity index is 410. The number of hydrogen-bond acceptors (Lipinski definition) is 1. The van der Waals surface area contributed by atoms with Crippen LogP contribution in [0.15, 0.2) is 17.1 Å². The smallest absolute Gasteiger partial charge is 0.143 e. The lowest BCUT2D eigenvalue weighted by atomic mass is 10.0. The third-order valence-corrected chi connectivity index (χ3v) is 2.71. The van der Waals surface area contributed by atoms with Gasteiger partial charge in [0.05, 0.1) is 10.7 Å². The van der Waals surface area contributed by atoms with Gasteiger partial charge in [-0.15, -0.1) is 0 Å². The normalized spacial score (nSPS) is 14.5. The fourth-order valence-corrected chi connectivity index (χ4v) is 1.73. The quantitative estimate of drug-likeness (QED) is 0.671. The number of aliphatic imine (C=N–C) groups is 1. The molecule has 1 aliphatic rings. The number of rotatable bonds is 1. The summed E-state index contributed by atoms with van der Waals surface area (Å²) in [7, 11) is 0. The summed E-state index contributed by atoms with van der Waals surface area (Å²) in [6, 6.07) is 3.08. The summed E-state index contributed by atoms with van der Waals surface area (Å²) in [5, 5.41) is 0.184. The van der Waals surface area contributed by atoms with Gasteiger partial charge in [0, 0.05) is 18.2 Å². The largest absolute Gasteiger partial charge is 0.257 e. The Kier molecular flexibility index (Phi) is 2.31. The summed E-state index contributed by atoms with van der Waals surface area (Å²) in [5.41, 5.74) is 2.86. The van der Waals surface area contributed by atoms with E-state index in [2.05, 4.69) is 18.8 Å². The molecule has 0 radical (unpaired) electrons. The van der Waals surface area contributed by atoms with E-state index in [0.717, 1.165) is 23.4 Å². The van der Waals surface area contributed by atoms with E-state index in [4.69, 9.17) is 11.6 Å². The van der Waals surface area contributed by atoms with Gasteiger partial charge in [0.1, 0.15) is 5.82 Å². The van der Waals surface area contributed by atoms with Crippen molar-refractivity contribution in [2.24, 2.45) is 10.9 Å². The second-order valence-electron chi connectivity index (χ2n) is 3.83. The van der Waals surface area contributed by atoms with E-state index < -0.39 is 0 Å². The van der Waals surface area contributed by atoms with Crippen molar-refractivity contribution in [3.8, 4) is 0 Å². The van der Waals surface area contributed by atoms with Crippen LogP contribution in [0.5, 0.6) is 0 Å². The van der Waals surface area contributed by atoms with Crippen LogP contribution in [0.1, 0.15) is 19.4 Å². The molecule has 3 heteroatoms. The zero-order valence-corrected chi connectivity index (χ0v) is 8.90. The van der Waals surface area contributed by atoms with Crippen LogP contribution >= 0.6 is 11.6 Å². The van der Waals surface area contributed by atoms with Gasteiger partial charge in [0.15, 0.2) is 0 Å². The van der Waals surface area contributed by atoms with Crippen LogP contribution in [-0.2, 0) is 6.42 Å². The summed E-state index contributed by atoms with van der Waals surface area (Å²) < 4.78 is 13.1. The lowest BCUT2D eigenvalue weighted by Gasteiger charge is -2.01.